The maximum atomic E-state index is 4.07. The van der Waals surface area contributed by atoms with Crippen LogP contribution < -0.4 is 0 Å². The van der Waals surface area contributed by atoms with Gasteiger partial charge in [-0.25, -0.2) is 0 Å². The summed E-state index contributed by atoms with van der Waals surface area (Å²) in [5.41, 5.74) is 1.92. The van der Waals surface area contributed by atoms with Gasteiger partial charge in [-0.05, 0) is 63.4 Å². The van der Waals surface area contributed by atoms with Crippen LogP contribution in [0.3, 0.4) is 0 Å². The highest BCUT2D eigenvalue weighted by atomic mass is 79.9. The van der Waals surface area contributed by atoms with Crippen LogP contribution in [0.2, 0.25) is 0 Å². The van der Waals surface area contributed by atoms with Crippen LogP contribution >= 0.6 is 35.3 Å². The van der Waals surface area contributed by atoms with Gasteiger partial charge >= 0.3 is 0 Å². The van der Waals surface area contributed by atoms with Crippen molar-refractivity contribution in [3.63, 3.8) is 0 Å². The molecule has 0 aromatic heterocycles. The van der Waals surface area contributed by atoms with Gasteiger partial charge in [-0.3, -0.25) is 0 Å². The van der Waals surface area contributed by atoms with Gasteiger partial charge in [0.25, 0.3) is 0 Å². The van der Waals surface area contributed by atoms with E-state index in [1.807, 2.05) is 0 Å². The molecular weight excluding hydrogens is 395 g/mol. The molecule has 116 valence electrons. The lowest BCUT2D eigenvalue weighted by molar-refractivity contribution is 0.503. The zero-order valence-electron chi connectivity index (χ0n) is 14.4. The van der Waals surface area contributed by atoms with Crippen molar-refractivity contribution in [3.05, 3.63) is 23.0 Å². The van der Waals surface area contributed by atoms with E-state index in [0.29, 0.717) is 0 Å². The molecule has 0 amide bonds. The molecule has 0 saturated heterocycles. The van der Waals surface area contributed by atoms with E-state index in [4.69, 9.17) is 0 Å². The smallest absolute Gasteiger partial charge is 0.0456 e. The molecule has 0 aliphatic carbocycles. The van der Waals surface area contributed by atoms with Crippen molar-refractivity contribution in [2.45, 2.75) is 62.3 Å². The molecule has 0 nitrogen and oxygen atoms in total. The van der Waals surface area contributed by atoms with Crippen molar-refractivity contribution < 1.29 is 0 Å². The minimum absolute atomic E-state index is 0.155. The molecule has 0 radical (unpaired) electrons. The minimum atomic E-state index is -1.58. The Morgan fingerprint density at radius 1 is 0.700 bits per heavy atom. The van der Waals surface area contributed by atoms with Gasteiger partial charge in [0.2, 0.25) is 0 Å². The second-order valence-corrected chi connectivity index (χ2v) is 20.0. The molecule has 0 aromatic rings. The summed E-state index contributed by atoms with van der Waals surface area (Å²) in [6.45, 7) is 20.7. The first-order valence-electron chi connectivity index (χ1n) is 7.19. The molecular formula is C17H29Br2P. The molecule has 0 spiro atoms. The van der Waals surface area contributed by atoms with Crippen LogP contribution in [0.5, 0.6) is 0 Å². The Bertz CT molecular complexity index is 506. The fraction of sp³-hybridized carbons (Fsp3) is 0.706. The number of hydrogen-bond donors (Lipinski definition) is 0. The molecule has 1 aliphatic rings. The second kappa shape index (κ2) is 5.43. The van der Waals surface area contributed by atoms with E-state index in [1.165, 1.54) is 16.2 Å². The van der Waals surface area contributed by atoms with Gasteiger partial charge < -0.3 is 0 Å². The van der Waals surface area contributed by atoms with Crippen molar-refractivity contribution in [3.8, 4) is 0 Å². The lowest BCUT2D eigenvalue weighted by Gasteiger charge is -2.39. The molecule has 0 unspecified atom stereocenters. The predicted molar refractivity (Wildman–Crippen MR) is 104 cm³/mol. The Morgan fingerprint density at radius 3 is 1.45 bits per heavy atom. The van der Waals surface area contributed by atoms with Crippen LogP contribution in [0.15, 0.2) is 23.0 Å². The average molecular weight is 424 g/mol. The molecule has 0 N–H and O–H groups in total. The van der Waals surface area contributed by atoms with Crippen LogP contribution in [-0.2, 0) is 0 Å². The van der Waals surface area contributed by atoms with E-state index in [9.17, 15) is 0 Å². The van der Waals surface area contributed by atoms with Crippen molar-refractivity contribution in [1.29, 1.82) is 0 Å². The van der Waals surface area contributed by atoms with E-state index in [2.05, 4.69) is 105 Å². The summed E-state index contributed by atoms with van der Waals surface area (Å²) < 4.78 is -1.58. The predicted octanol–water partition coefficient (Wildman–Crippen LogP) is 7.76. The third-order valence-corrected chi connectivity index (χ3v) is 11.0. The lowest BCUT2D eigenvalue weighted by Crippen LogP contribution is -2.25. The van der Waals surface area contributed by atoms with Crippen LogP contribution in [-0.4, -0.2) is 5.29 Å². The number of allylic oxidation sites excluding steroid dienone is 4. The van der Waals surface area contributed by atoms with Crippen molar-refractivity contribution >= 4 is 40.6 Å². The SMILES string of the molecule is CC(C)(C)C1=CC(C(C)(C)C)=P(Br)(Br)C(C(C)(C)C)=C1. The maximum absolute atomic E-state index is 4.07. The third kappa shape index (κ3) is 3.93. The quantitative estimate of drug-likeness (QED) is 0.349. The Labute approximate surface area is 141 Å². The highest BCUT2D eigenvalue weighted by Crippen LogP contribution is 2.77. The molecule has 1 rings (SSSR count). The zero-order valence-corrected chi connectivity index (χ0v) is 18.4. The number of halogens is 2. The van der Waals surface area contributed by atoms with Gasteiger partial charge in [0, 0.05) is 4.29 Å². The summed E-state index contributed by atoms with van der Waals surface area (Å²) in [4.78, 5) is 0. The van der Waals surface area contributed by atoms with E-state index < -0.39 is 4.29 Å². The first kappa shape index (κ1) is 18.8. The molecule has 0 atom stereocenters. The standard InChI is InChI=1S/C17H29Br2P/c1-15(2,3)12-10-13(16(4,5)6)20(18,19)14(11-12)17(7,8)9/h10-11H,1-9H3. The lowest BCUT2D eigenvalue weighted by atomic mass is 9.81. The Morgan fingerprint density at radius 2 is 1.15 bits per heavy atom. The third-order valence-electron chi connectivity index (χ3n) is 3.59. The molecule has 20 heavy (non-hydrogen) atoms. The molecule has 1 aliphatic heterocycles. The average Bonchev–Trinajstić information content (AvgIpc) is 2.09. The van der Waals surface area contributed by atoms with E-state index >= 15 is 0 Å². The van der Waals surface area contributed by atoms with Crippen LogP contribution in [0.1, 0.15) is 62.3 Å². The largest absolute Gasteiger partial charge is 0.0561 e. The number of rotatable bonds is 0. The first-order valence-corrected chi connectivity index (χ1v) is 13.0. The monoisotopic (exact) mass is 422 g/mol. The zero-order chi connectivity index (χ0) is 16.1. The Hall–Kier alpha value is 0.740. The normalized spacial score (nSPS) is 20.6. The molecule has 3 heteroatoms. The van der Waals surface area contributed by atoms with Gasteiger partial charge in [0.05, 0.1) is 0 Å². The van der Waals surface area contributed by atoms with Crippen molar-refractivity contribution in [2.75, 3.05) is 0 Å². The maximum Gasteiger partial charge on any atom is 0.0456 e. The second-order valence-electron chi connectivity index (χ2n) is 8.78. The van der Waals surface area contributed by atoms with Crippen molar-refractivity contribution in [2.24, 2.45) is 16.2 Å². The Balaban J connectivity index is 3.74. The summed E-state index contributed by atoms with van der Waals surface area (Å²) in [5.74, 6) is 0. The molecule has 1 heterocycles. The minimum Gasteiger partial charge on any atom is -0.0561 e. The van der Waals surface area contributed by atoms with Crippen LogP contribution in [0.25, 0.3) is 0 Å². The molecule has 0 aromatic carbocycles. The molecule has 0 saturated carbocycles. The van der Waals surface area contributed by atoms with Gasteiger partial charge in [-0.1, -0.05) is 74.5 Å². The fourth-order valence-electron chi connectivity index (χ4n) is 2.34. The van der Waals surface area contributed by atoms with E-state index in [0.717, 1.165) is 0 Å². The van der Waals surface area contributed by atoms with Gasteiger partial charge in [-0.2, -0.15) is 0 Å². The summed E-state index contributed by atoms with van der Waals surface area (Å²) in [5, 5.41) is 3.00. The first-order chi connectivity index (χ1) is 8.58. The van der Waals surface area contributed by atoms with Crippen LogP contribution in [0, 0.1) is 16.2 Å². The summed E-state index contributed by atoms with van der Waals surface area (Å²) in [6, 6.07) is 0. The van der Waals surface area contributed by atoms with Gasteiger partial charge in [-0.15, -0.1) is 0 Å². The van der Waals surface area contributed by atoms with Crippen LogP contribution in [0.4, 0.5) is 0 Å². The summed E-state index contributed by atoms with van der Waals surface area (Å²) in [6.07, 6.45) is 4.85. The van der Waals surface area contributed by atoms with Gasteiger partial charge in [0.1, 0.15) is 0 Å². The van der Waals surface area contributed by atoms with Gasteiger partial charge in [0.15, 0.2) is 0 Å². The fourth-order valence-corrected chi connectivity index (χ4v) is 12.5. The highest BCUT2D eigenvalue weighted by Gasteiger charge is 2.37. The van der Waals surface area contributed by atoms with Crippen molar-refractivity contribution in [1.82, 2.24) is 0 Å². The topological polar surface area (TPSA) is 0 Å². The highest BCUT2D eigenvalue weighted by molar-refractivity contribution is 9.72. The molecule has 0 fully saturated rings. The molecule has 0 bridgehead atoms. The summed E-state index contributed by atoms with van der Waals surface area (Å²) in [7, 11) is 0. The summed E-state index contributed by atoms with van der Waals surface area (Å²) >= 11 is 8.14. The number of hydrogen-bond acceptors (Lipinski definition) is 0. The van der Waals surface area contributed by atoms with E-state index in [-0.39, 0.29) is 16.2 Å². The van der Waals surface area contributed by atoms with E-state index in [1.54, 1.807) is 0 Å². The Kier molecular flexibility index (Phi) is 5.10.